The van der Waals surface area contributed by atoms with Gasteiger partial charge in [0.15, 0.2) is 5.58 Å². The van der Waals surface area contributed by atoms with Crippen molar-refractivity contribution in [1.29, 1.82) is 5.26 Å². The molecule has 0 radical (unpaired) electrons. The van der Waals surface area contributed by atoms with E-state index in [-0.39, 0.29) is 0 Å². The predicted molar refractivity (Wildman–Crippen MR) is 200 cm³/mol. The van der Waals surface area contributed by atoms with Gasteiger partial charge in [-0.05, 0) is 78.9 Å². The van der Waals surface area contributed by atoms with Gasteiger partial charge in [-0.1, -0.05) is 60.7 Å². The SMILES string of the molecule is N#Cc1ccc2c(c1)c1ccccc1n2-c1ccc2sc3ccc(-n4c5ccccc5c5ccc6c7ccccc7oc6c54)cc3c2c1. The lowest BCUT2D eigenvalue weighted by Crippen LogP contribution is -1.94. The van der Waals surface area contributed by atoms with Gasteiger partial charge in [0.05, 0.1) is 33.7 Å². The van der Waals surface area contributed by atoms with Crippen molar-refractivity contribution in [3.8, 4) is 17.4 Å². The Kier molecular flexibility index (Phi) is 5.03. The molecule has 0 spiro atoms. The maximum atomic E-state index is 9.62. The fraction of sp³-hybridized carbons (Fsp3) is 0. The van der Waals surface area contributed by atoms with Gasteiger partial charge in [0.1, 0.15) is 5.58 Å². The van der Waals surface area contributed by atoms with Crippen LogP contribution in [0.3, 0.4) is 0 Å². The number of fused-ring (bicyclic) bond motifs is 13. The van der Waals surface area contributed by atoms with Crippen LogP contribution in [0.4, 0.5) is 0 Å². The third-order valence-corrected chi connectivity index (χ3v) is 11.1. The monoisotopic (exact) mass is 629 g/mol. The Morgan fingerprint density at radius 1 is 0.479 bits per heavy atom. The highest BCUT2D eigenvalue weighted by Gasteiger charge is 2.20. The molecule has 0 aliphatic heterocycles. The van der Waals surface area contributed by atoms with Crippen LogP contribution < -0.4 is 0 Å². The van der Waals surface area contributed by atoms with Gasteiger partial charge >= 0.3 is 0 Å². The van der Waals surface area contributed by atoms with E-state index in [0.717, 1.165) is 66.2 Å². The van der Waals surface area contributed by atoms with Gasteiger partial charge in [-0.25, -0.2) is 0 Å². The van der Waals surface area contributed by atoms with Crippen molar-refractivity contribution >= 4 is 97.1 Å². The average molecular weight is 630 g/mol. The minimum Gasteiger partial charge on any atom is -0.454 e. The fourth-order valence-corrected chi connectivity index (χ4v) is 8.92. The molecule has 48 heavy (non-hydrogen) atoms. The molecule has 0 aliphatic rings. The number of nitriles is 1. The van der Waals surface area contributed by atoms with E-state index in [1.165, 1.54) is 30.9 Å². The third-order valence-electron chi connectivity index (χ3n) is 9.93. The molecular weight excluding hydrogens is 607 g/mol. The van der Waals surface area contributed by atoms with Crippen molar-refractivity contribution in [2.45, 2.75) is 0 Å². The second kappa shape index (κ2) is 9.36. The zero-order valence-corrected chi connectivity index (χ0v) is 26.3. The van der Waals surface area contributed by atoms with Gasteiger partial charge in [0, 0.05) is 63.9 Å². The maximum Gasteiger partial charge on any atom is 0.160 e. The molecule has 0 saturated carbocycles. The van der Waals surface area contributed by atoms with E-state index < -0.39 is 0 Å². The summed E-state index contributed by atoms with van der Waals surface area (Å²) in [4.78, 5) is 0. The molecule has 4 nitrogen and oxygen atoms in total. The summed E-state index contributed by atoms with van der Waals surface area (Å²) in [5.74, 6) is 0. The smallest absolute Gasteiger partial charge is 0.160 e. The second-order valence-corrected chi connectivity index (χ2v) is 13.5. The van der Waals surface area contributed by atoms with Crippen molar-refractivity contribution < 1.29 is 4.42 Å². The summed E-state index contributed by atoms with van der Waals surface area (Å²) in [6.07, 6.45) is 0. The Morgan fingerprint density at radius 2 is 1.08 bits per heavy atom. The number of furan rings is 1. The molecular formula is C43H23N3OS. The van der Waals surface area contributed by atoms with Crippen molar-refractivity contribution in [3.05, 3.63) is 145 Å². The first kappa shape index (κ1) is 25.8. The van der Waals surface area contributed by atoms with Crippen LogP contribution in [0.15, 0.2) is 144 Å². The summed E-state index contributed by atoms with van der Waals surface area (Å²) < 4.78 is 13.8. The number of hydrogen-bond donors (Lipinski definition) is 0. The number of aromatic nitrogens is 2. The highest BCUT2D eigenvalue weighted by atomic mass is 32.1. The first-order valence-corrected chi connectivity index (χ1v) is 16.8. The molecule has 0 unspecified atom stereocenters. The quantitative estimate of drug-likeness (QED) is 0.191. The molecule has 0 bridgehead atoms. The Bertz CT molecular complexity index is 3200. The maximum absolute atomic E-state index is 9.62. The van der Waals surface area contributed by atoms with E-state index in [2.05, 4.69) is 137 Å². The van der Waals surface area contributed by atoms with Crippen LogP contribution in [0.2, 0.25) is 0 Å². The number of hydrogen-bond acceptors (Lipinski definition) is 3. The lowest BCUT2D eigenvalue weighted by molar-refractivity contribution is 0.671. The molecule has 7 aromatic carbocycles. The molecule has 5 heteroatoms. The number of nitrogens with zero attached hydrogens (tertiary/aromatic N) is 3. The molecule has 0 atom stereocenters. The van der Waals surface area contributed by atoms with Crippen LogP contribution in [0.25, 0.3) is 97.1 Å². The van der Waals surface area contributed by atoms with Crippen molar-refractivity contribution in [1.82, 2.24) is 9.13 Å². The Hall–Kier alpha value is -6.35. The van der Waals surface area contributed by atoms with Crippen molar-refractivity contribution in [2.75, 3.05) is 0 Å². The van der Waals surface area contributed by atoms with Gasteiger partial charge < -0.3 is 13.6 Å². The molecule has 0 aliphatic carbocycles. The van der Waals surface area contributed by atoms with Gasteiger partial charge in [-0.2, -0.15) is 5.26 Å². The fourth-order valence-electron chi connectivity index (χ4n) is 7.85. The number of rotatable bonds is 2. The molecule has 4 heterocycles. The van der Waals surface area contributed by atoms with Crippen LogP contribution in [0, 0.1) is 11.3 Å². The normalized spacial score (nSPS) is 12.1. The molecule has 222 valence electrons. The number of benzene rings is 7. The second-order valence-electron chi connectivity index (χ2n) is 12.4. The van der Waals surface area contributed by atoms with Crippen LogP contribution in [0.1, 0.15) is 5.56 Å². The van der Waals surface area contributed by atoms with E-state index in [1.807, 2.05) is 29.5 Å². The Balaban J connectivity index is 1.19. The zero-order valence-electron chi connectivity index (χ0n) is 25.4. The Morgan fingerprint density at radius 3 is 1.83 bits per heavy atom. The summed E-state index contributed by atoms with van der Waals surface area (Å²) >= 11 is 1.83. The largest absolute Gasteiger partial charge is 0.454 e. The lowest BCUT2D eigenvalue weighted by atomic mass is 10.1. The zero-order chi connectivity index (χ0) is 31.5. The lowest BCUT2D eigenvalue weighted by Gasteiger charge is -2.10. The standard InChI is InChI=1S/C43H23N3OS/c44-24-25-13-18-38-33(21-25)29-8-2-4-10-36(29)45(38)26-14-19-40-34(22-26)35-23-27(15-20-41(35)48-40)46-37-11-5-1-7-28(37)31-16-17-32-30-9-3-6-12-39(30)47-43(32)42(31)46/h1-23H. The third kappa shape index (κ3) is 3.37. The Labute approximate surface area is 277 Å². The molecule has 0 fully saturated rings. The van der Waals surface area contributed by atoms with E-state index in [1.54, 1.807) is 0 Å². The van der Waals surface area contributed by atoms with Crippen LogP contribution in [0.5, 0.6) is 0 Å². The highest BCUT2D eigenvalue weighted by molar-refractivity contribution is 7.25. The number of para-hydroxylation sites is 3. The van der Waals surface area contributed by atoms with E-state index in [0.29, 0.717) is 5.56 Å². The van der Waals surface area contributed by atoms with Gasteiger partial charge in [0.2, 0.25) is 0 Å². The minimum atomic E-state index is 0.669. The van der Waals surface area contributed by atoms with Crippen LogP contribution in [-0.2, 0) is 0 Å². The molecule has 4 aromatic heterocycles. The van der Waals surface area contributed by atoms with Crippen molar-refractivity contribution in [2.24, 2.45) is 0 Å². The van der Waals surface area contributed by atoms with Gasteiger partial charge in [-0.15, -0.1) is 11.3 Å². The molecule has 0 N–H and O–H groups in total. The molecule has 0 amide bonds. The van der Waals surface area contributed by atoms with Gasteiger partial charge in [0.25, 0.3) is 0 Å². The van der Waals surface area contributed by atoms with E-state index >= 15 is 0 Å². The molecule has 11 rings (SSSR count). The minimum absolute atomic E-state index is 0.669. The first-order valence-electron chi connectivity index (χ1n) is 16.0. The van der Waals surface area contributed by atoms with Crippen LogP contribution in [-0.4, -0.2) is 9.13 Å². The average Bonchev–Trinajstić information content (AvgIpc) is 3.88. The highest BCUT2D eigenvalue weighted by Crippen LogP contribution is 2.43. The summed E-state index contributed by atoms with van der Waals surface area (Å²) in [6.45, 7) is 0. The summed E-state index contributed by atoms with van der Waals surface area (Å²) in [5.41, 5.74) is 9.15. The summed E-state index contributed by atoms with van der Waals surface area (Å²) in [6, 6.07) is 51.8. The summed E-state index contributed by atoms with van der Waals surface area (Å²) in [7, 11) is 0. The number of thiophene rings is 1. The topological polar surface area (TPSA) is 46.8 Å². The summed E-state index contributed by atoms with van der Waals surface area (Å²) in [5, 5.41) is 18.9. The molecule has 11 aromatic rings. The molecule has 0 saturated heterocycles. The van der Waals surface area contributed by atoms with E-state index in [9.17, 15) is 5.26 Å². The predicted octanol–water partition coefficient (Wildman–Crippen LogP) is 12.0. The van der Waals surface area contributed by atoms with E-state index in [4.69, 9.17) is 4.42 Å². The first-order chi connectivity index (χ1) is 23.7. The van der Waals surface area contributed by atoms with Crippen molar-refractivity contribution in [3.63, 3.8) is 0 Å². The van der Waals surface area contributed by atoms with Gasteiger partial charge in [-0.3, -0.25) is 0 Å². The van der Waals surface area contributed by atoms with Crippen LogP contribution >= 0.6 is 11.3 Å².